The highest BCUT2D eigenvalue weighted by molar-refractivity contribution is 5.67. The van der Waals surface area contributed by atoms with E-state index in [1.807, 2.05) is 24.3 Å². The smallest absolute Gasteiger partial charge is 0.304 e. The molecule has 15 heavy (non-hydrogen) atoms. The average Bonchev–Trinajstić information content (AvgIpc) is 2.17. The molecule has 1 atom stereocenters. The quantitative estimate of drug-likeness (QED) is 0.760. The van der Waals surface area contributed by atoms with E-state index in [1.165, 1.54) is 0 Å². The fourth-order valence-corrected chi connectivity index (χ4v) is 1.36. The summed E-state index contributed by atoms with van der Waals surface area (Å²) in [6.07, 6.45) is 0.558. The SMILES string of the molecule is COc1ccc(C[C@H](N)CC(=O)O)cc1. The first-order valence-corrected chi connectivity index (χ1v) is 4.72. The van der Waals surface area contributed by atoms with Crippen LogP contribution in [-0.2, 0) is 11.2 Å². The van der Waals surface area contributed by atoms with E-state index >= 15 is 0 Å². The van der Waals surface area contributed by atoms with Gasteiger partial charge >= 0.3 is 5.97 Å². The van der Waals surface area contributed by atoms with Gasteiger partial charge in [-0.2, -0.15) is 0 Å². The molecule has 0 radical (unpaired) electrons. The molecule has 1 rings (SSSR count). The minimum Gasteiger partial charge on any atom is -0.497 e. The average molecular weight is 209 g/mol. The normalized spacial score (nSPS) is 12.1. The van der Waals surface area contributed by atoms with Crippen molar-refractivity contribution < 1.29 is 14.6 Å². The predicted octanol–water partition coefficient (Wildman–Crippen LogP) is 1.04. The summed E-state index contributed by atoms with van der Waals surface area (Å²) in [6.45, 7) is 0. The summed E-state index contributed by atoms with van der Waals surface area (Å²) in [4.78, 5) is 10.4. The van der Waals surface area contributed by atoms with Gasteiger partial charge in [-0.3, -0.25) is 4.79 Å². The van der Waals surface area contributed by atoms with Crippen LogP contribution in [0.2, 0.25) is 0 Å². The van der Waals surface area contributed by atoms with Gasteiger partial charge in [0.15, 0.2) is 0 Å². The molecule has 0 saturated carbocycles. The van der Waals surface area contributed by atoms with Crippen LogP contribution in [0, 0.1) is 0 Å². The number of aliphatic carboxylic acids is 1. The van der Waals surface area contributed by atoms with Crippen LogP contribution in [0.4, 0.5) is 0 Å². The summed E-state index contributed by atoms with van der Waals surface area (Å²) in [7, 11) is 1.60. The lowest BCUT2D eigenvalue weighted by atomic mass is 10.0. The van der Waals surface area contributed by atoms with Crippen LogP contribution in [0.1, 0.15) is 12.0 Å². The van der Waals surface area contributed by atoms with E-state index in [0.29, 0.717) is 6.42 Å². The van der Waals surface area contributed by atoms with Gasteiger partial charge in [-0.1, -0.05) is 12.1 Å². The topological polar surface area (TPSA) is 72.5 Å². The van der Waals surface area contributed by atoms with Crippen molar-refractivity contribution in [3.63, 3.8) is 0 Å². The van der Waals surface area contributed by atoms with Crippen LogP contribution in [0.15, 0.2) is 24.3 Å². The zero-order valence-electron chi connectivity index (χ0n) is 8.64. The molecule has 4 nitrogen and oxygen atoms in total. The second-order valence-electron chi connectivity index (χ2n) is 3.41. The van der Waals surface area contributed by atoms with Gasteiger partial charge in [-0.25, -0.2) is 0 Å². The lowest BCUT2D eigenvalue weighted by Gasteiger charge is -2.09. The number of carboxylic acids is 1. The van der Waals surface area contributed by atoms with E-state index in [1.54, 1.807) is 7.11 Å². The largest absolute Gasteiger partial charge is 0.497 e. The molecule has 1 aromatic carbocycles. The number of hydrogen-bond acceptors (Lipinski definition) is 3. The van der Waals surface area contributed by atoms with Crippen molar-refractivity contribution in [1.29, 1.82) is 0 Å². The van der Waals surface area contributed by atoms with Crippen LogP contribution in [-0.4, -0.2) is 24.2 Å². The van der Waals surface area contributed by atoms with Gasteiger partial charge in [-0.15, -0.1) is 0 Å². The Balaban J connectivity index is 2.53. The number of carboxylic acid groups (broad SMARTS) is 1. The molecule has 82 valence electrons. The van der Waals surface area contributed by atoms with Crippen molar-refractivity contribution >= 4 is 5.97 Å². The molecule has 0 bridgehead atoms. The molecule has 0 saturated heterocycles. The van der Waals surface area contributed by atoms with Gasteiger partial charge in [-0.05, 0) is 24.1 Å². The Kier molecular flexibility index (Phi) is 4.12. The maximum Gasteiger partial charge on any atom is 0.304 e. The number of ether oxygens (including phenoxy) is 1. The molecule has 0 aliphatic heterocycles. The van der Waals surface area contributed by atoms with Gasteiger partial charge in [0.2, 0.25) is 0 Å². The van der Waals surface area contributed by atoms with Gasteiger partial charge in [0.1, 0.15) is 5.75 Å². The molecule has 0 aliphatic carbocycles. The number of methoxy groups -OCH3 is 1. The van der Waals surface area contributed by atoms with Crippen molar-refractivity contribution in [3.8, 4) is 5.75 Å². The zero-order valence-corrected chi connectivity index (χ0v) is 8.64. The van der Waals surface area contributed by atoms with E-state index in [2.05, 4.69) is 0 Å². The van der Waals surface area contributed by atoms with E-state index in [0.717, 1.165) is 11.3 Å². The second kappa shape index (κ2) is 5.36. The Morgan fingerprint density at radius 2 is 2.07 bits per heavy atom. The minimum absolute atomic E-state index is 0.00791. The Morgan fingerprint density at radius 1 is 1.47 bits per heavy atom. The van der Waals surface area contributed by atoms with Crippen LogP contribution < -0.4 is 10.5 Å². The van der Waals surface area contributed by atoms with Gasteiger partial charge < -0.3 is 15.6 Å². The molecule has 0 unspecified atom stereocenters. The number of rotatable bonds is 5. The highest BCUT2D eigenvalue weighted by Gasteiger charge is 2.08. The van der Waals surface area contributed by atoms with Crippen LogP contribution in [0.5, 0.6) is 5.75 Å². The van der Waals surface area contributed by atoms with Gasteiger partial charge in [0, 0.05) is 6.04 Å². The number of nitrogens with two attached hydrogens (primary N) is 1. The Morgan fingerprint density at radius 3 is 2.53 bits per heavy atom. The standard InChI is InChI=1S/C11H15NO3/c1-15-10-4-2-8(3-5-10)6-9(12)7-11(13)14/h2-5,9H,6-7,12H2,1H3,(H,13,14)/t9-/m0/s1. The van der Waals surface area contributed by atoms with Crippen molar-refractivity contribution in [2.45, 2.75) is 18.9 Å². The van der Waals surface area contributed by atoms with E-state index < -0.39 is 5.97 Å². The molecule has 0 spiro atoms. The van der Waals surface area contributed by atoms with Crippen molar-refractivity contribution in [3.05, 3.63) is 29.8 Å². The highest BCUT2D eigenvalue weighted by atomic mass is 16.5. The maximum atomic E-state index is 10.4. The van der Waals surface area contributed by atoms with Gasteiger partial charge in [0.25, 0.3) is 0 Å². The number of benzene rings is 1. The highest BCUT2D eigenvalue weighted by Crippen LogP contribution is 2.12. The summed E-state index contributed by atoms with van der Waals surface area (Å²) in [5.41, 5.74) is 6.68. The second-order valence-corrected chi connectivity index (χ2v) is 3.41. The third kappa shape index (κ3) is 3.99. The third-order valence-electron chi connectivity index (χ3n) is 2.09. The predicted molar refractivity (Wildman–Crippen MR) is 56.9 cm³/mol. The van der Waals surface area contributed by atoms with Crippen molar-refractivity contribution in [2.75, 3.05) is 7.11 Å². The fraction of sp³-hybridized carbons (Fsp3) is 0.364. The monoisotopic (exact) mass is 209 g/mol. The lowest BCUT2D eigenvalue weighted by molar-refractivity contribution is -0.137. The van der Waals surface area contributed by atoms with E-state index in [4.69, 9.17) is 15.6 Å². The van der Waals surface area contributed by atoms with Crippen molar-refractivity contribution in [1.82, 2.24) is 0 Å². The van der Waals surface area contributed by atoms with Crippen LogP contribution >= 0.6 is 0 Å². The number of hydrogen-bond donors (Lipinski definition) is 2. The Labute approximate surface area is 88.7 Å². The number of carbonyl (C=O) groups is 1. The lowest BCUT2D eigenvalue weighted by Crippen LogP contribution is -2.26. The van der Waals surface area contributed by atoms with Crippen molar-refractivity contribution in [2.24, 2.45) is 5.73 Å². The maximum absolute atomic E-state index is 10.4. The molecule has 0 amide bonds. The molecule has 0 aromatic heterocycles. The first-order valence-electron chi connectivity index (χ1n) is 4.72. The minimum atomic E-state index is -0.865. The molecule has 0 heterocycles. The molecular weight excluding hydrogens is 194 g/mol. The van der Waals surface area contributed by atoms with Crippen LogP contribution in [0.3, 0.4) is 0 Å². The zero-order chi connectivity index (χ0) is 11.3. The molecule has 0 fully saturated rings. The van der Waals surface area contributed by atoms with E-state index in [-0.39, 0.29) is 12.5 Å². The summed E-state index contributed by atoms with van der Waals surface area (Å²) in [6, 6.07) is 7.11. The Hall–Kier alpha value is -1.55. The summed E-state index contributed by atoms with van der Waals surface area (Å²) >= 11 is 0. The fourth-order valence-electron chi connectivity index (χ4n) is 1.36. The molecule has 4 heteroatoms. The molecule has 3 N–H and O–H groups in total. The summed E-state index contributed by atoms with van der Waals surface area (Å²) in [5.74, 6) is -0.0819. The van der Waals surface area contributed by atoms with Crippen LogP contribution in [0.25, 0.3) is 0 Å². The molecule has 0 aliphatic rings. The van der Waals surface area contributed by atoms with Gasteiger partial charge in [0.05, 0.1) is 13.5 Å². The first-order chi connectivity index (χ1) is 7.11. The first kappa shape index (κ1) is 11.5. The summed E-state index contributed by atoms with van der Waals surface area (Å²) in [5, 5.41) is 8.54. The third-order valence-corrected chi connectivity index (χ3v) is 2.09. The molecule has 1 aromatic rings. The Bertz CT molecular complexity index is 321. The summed E-state index contributed by atoms with van der Waals surface area (Å²) < 4.78 is 5.01. The molecular formula is C11H15NO3. The van der Waals surface area contributed by atoms with E-state index in [9.17, 15) is 4.79 Å².